The number of aliphatic hydroxyl groups is 1. The minimum absolute atomic E-state index is 0.0176. The number of carbonyl (C=O) groups excluding carboxylic acids is 2. The summed E-state index contributed by atoms with van der Waals surface area (Å²) in [7, 11) is 0. The molecule has 4 unspecified atom stereocenters. The van der Waals surface area contributed by atoms with Crippen LogP contribution in [0.2, 0.25) is 0 Å². The molecule has 2 aliphatic rings. The summed E-state index contributed by atoms with van der Waals surface area (Å²) in [5.74, 6) is 0.471. The van der Waals surface area contributed by atoms with Crippen molar-refractivity contribution in [2.75, 3.05) is 26.2 Å². The quantitative estimate of drug-likeness (QED) is 0.0932. The number of carbonyl (C=O) groups is 2. The van der Waals surface area contributed by atoms with Gasteiger partial charge in [-0.25, -0.2) is 0 Å². The van der Waals surface area contributed by atoms with Crippen LogP contribution in [0.4, 0.5) is 0 Å². The monoisotopic (exact) mass is 594 g/mol. The average molecular weight is 595 g/mol. The summed E-state index contributed by atoms with van der Waals surface area (Å²) in [5.41, 5.74) is 1.02. The zero-order chi connectivity index (χ0) is 32.2. The SMILES string of the molecule is C=C/C(C)=C\C(=C)C(=O)NCC(=O)N1CCC2C1CCN2[C@H](C)CCC[C@](O)(CC)C(/C=C\C)=NCC(C)C(C)/C=C\C. The van der Waals surface area contributed by atoms with Crippen LogP contribution < -0.4 is 5.32 Å². The van der Waals surface area contributed by atoms with Gasteiger partial charge in [0.05, 0.1) is 12.3 Å². The number of rotatable bonds is 17. The molecule has 2 N–H and O–H groups in total. The number of amides is 2. The van der Waals surface area contributed by atoms with Gasteiger partial charge in [-0.05, 0) is 90.2 Å². The van der Waals surface area contributed by atoms with Gasteiger partial charge in [0.15, 0.2) is 0 Å². The summed E-state index contributed by atoms with van der Waals surface area (Å²) in [4.78, 5) is 34.8. The molecule has 0 radical (unpaired) electrons. The van der Waals surface area contributed by atoms with Gasteiger partial charge in [-0.2, -0.15) is 0 Å². The summed E-state index contributed by atoms with van der Waals surface area (Å²) >= 11 is 0. The minimum Gasteiger partial charge on any atom is -0.384 e. The van der Waals surface area contributed by atoms with Gasteiger partial charge < -0.3 is 15.3 Å². The lowest BCUT2D eigenvalue weighted by Crippen LogP contribution is -2.45. The molecule has 2 rings (SSSR count). The van der Waals surface area contributed by atoms with E-state index in [4.69, 9.17) is 4.99 Å². The van der Waals surface area contributed by atoms with Crippen LogP contribution in [0.15, 0.2) is 65.8 Å². The summed E-state index contributed by atoms with van der Waals surface area (Å²) < 4.78 is 0. The lowest BCUT2D eigenvalue weighted by Gasteiger charge is -2.32. The van der Waals surface area contributed by atoms with Crippen LogP contribution in [0.25, 0.3) is 0 Å². The molecule has 0 aromatic heterocycles. The second-order valence-electron chi connectivity index (χ2n) is 12.6. The van der Waals surface area contributed by atoms with Gasteiger partial charge in [0.25, 0.3) is 5.91 Å². The number of allylic oxidation sites excluding steroid dienone is 5. The Hall–Kier alpha value is -2.77. The molecule has 2 aliphatic heterocycles. The molecule has 2 amide bonds. The van der Waals surface area contributed by atoms with E-state index in [0.717, 1.165) is 43.5 Å². The van der Waals surface area contributed by atoms with E-state index >= 15 is 0 Å². The van der Waals surface area contributed by atoms with Gasteiger partial charge in [-0.1, -0.05) is 63.8 Å². The Morgan fingerprint density at radius 1 is 1.14 bits per heavy atom. The molecule has 2 heterocycles. The van der Waals surface area contributed by atoms with Crippen LogP contribution in [0.5, 0.6) is 0 Å². The molecular formula is C36H58N4O3. The molecule has 0 aromatic carbocycles. The Bertz CT molecular complexity index is 1090. The minimum atomic E-state index is -0.935. The first kappa shape index (κ1) is 36.4. The zero-order valence-corrected chi connectivity index (χ0v) is 27.9. The molecule has 0 bridgehead atoms. The summed E-state index contributed by atoms with van der Waals surface area (Å²) in [6, 6.07) is 0.887. The van der Waals surface area contributed by atoms with Crippen molar-refractivity contribution in [2.45, 2.75) is 111 Å². The molecular weight excluding hydrogens is 536 g/mol. The van der Waals surface area contributed by atoms with Crippen molar-refractivity contribution in [3.05, 3.63) is 60.8 Å². The first-order chi connectivity index (χ1) is 20.4. The fourth-order valence-corrected chi connectivity index (χ4v) is 6.40. The summed E-state index contributed by atoms with van der Waals surface area (Å²) in [6.45, 7) is 24.5. The highest BCUT2D eigenvalue weighted by molar-refractivity contribution is 6.01. The fourth-order valence-electron chi connectivity index (χ4n) is 6.40. The highest BCUT2D eigenvalue weighted by Crippen LogP contribution is 2.34. The normalized spacial score (nSPS) is 23.3. The molecule has 0 aromatic rings. The molecule has 0 aliphatic carbocycles. The molecule has 2 saturated heterocycles. The van der Waals surface area contributed by atoms with Crippen molar-refractivity contribution in [2.24, 2.45) is 16.8 Å². The van der Waals surface area contributed by atoms with Crippen LogP contribution in [0.3, 0.4) is 0 Å². The summed E-state index contributed by atoms with van der Waals surface area (Å²) in [5, 5.41) is 14.4. The number of nitrogens with zero attached hydrogens (tertiary/aromatic N) is 3. The number of aliphatic imine (C=N–C) groups is 1. The molecule has 6 atom stereocenters. The first-order valence-electron chi connectivity index (χ1n) is 16.3. The van der Waals surface area contributed by atoms with E-state index in [1.807, 2.05) is 44.7 Å². The second-order valence-corrected chi connectivity index (χ2v) is 12.6. The van der Waals surface area contributed by atoms with Gasteiger partial charge in [-0.15, -0.1) is 0 Å². The van der Waals surface area contributed by atoms with E-state index < -0.39 is 5.60 Å². The zero-order valence-electron chi connectivity index (χ0n) is 27.9. The molecule has 7 heteroatoms. The van der Waals surface area contributed by atoms with Crippen LogP contribution in [-0.4, -0.2) is 82.3 Å². The maximum Gasteiger partial charge on any atom is 0.251 e. The first-order valence-corrected chi connectivity index (χ1v) is 16.3. The molecule has 240 valence electrons. The van der Waals surface area contributed by atoms with E-state index in [-0.39, 0.29) is 24.4 Å². The van der Waals surface area contributed by atoms with E-state index in [1.165, 1.54) is 0 Å². The van der Waals surface area contributed by atoms with E-state index in [1.54, 1.807) is 12.2 Å². The third-order valence-electron chi connectivity index (χ3n) is 9.46. The van der Waals surface area contributed by atoms with Crippen molar-refractivity contribution >= 4 is 17.5 Å². The third-order valence-corrected chi connectivity index (χ3v) is 9.46. The van der Waals surface area contributed by atoms with Crippen molar-refractivity contribution < 1.29 is 14.7 Å². The Morgan fingerprint density at radius 3 is 2.47 bits per heavy atom. The number of hydrogen-bond acceptors (Lipinski definition) is 5. The van der Waals surface area contributed by atoms with E-state index in [2.05, 4.69) is 56.3 Å². The van der Waals surface area contributed by atoms with E-state index in [9.17, 15) is 14.7 Å². The van der Waals surface area contributed by atoms with Crippen molar-refractivity contribution in [1.82, 2.24) is 15.1 Å². The van der Waals surface area contributed by atoms with Crippen LogP contribution >= 0.6 is 0 Å². The smallest absolute Gasteiger partial charge is 0.251 e. The number of likely N-dealkylation sites (tertiary alicyclic amines) is 2. The number of fused-ring (bicyclic) bond motifs is 1. The highest BCUT2D eigenvalue weighted by Gasteiger charge is 2.45. The van der Waals surface area contributed by atoms with Gasteiger partial charge in [-0.3, -0.25) is 19.5 Å². The molecule has 7 nitrogen and oxygen atoms in total. The van der Waals surface area contributed by atoms with Crippen molar-refractivity contribution in [3.63, 3.8) is 0 Å². The lowest BCUT2D eigenvalue weighted by atomic mass is 9.87. The molecule has 2 fully saturated rings. The third kappa shape index (κ3) is 10.1. The highest BCUT2D eigenvalue weighted by atomic mass is 16.3. The molecule has 0 spiro atoms. The van der Waals surface area contributed by atoms with Crippen LogP contribution in [0.1, 0.15) is 87.0 Å². The van der Waals surface area contributed by atoms with Crippen molar-refractivity contribution in [3.8, 4) is 0 Å². The largest absolute Gasteiger partial charge is 0.384 e. The number of nitrogens with one attached hydrogen (secondary N) is 1. The average Bonchev–Trinajstić information content (AvgIpc) is 3.60. The topological polar surface area (TPSA) is 85.2 Å². The lowest BCUT2D eigenvalue weighted by molar-refractivity contribution is -0.132. The van der Waals surface area contributed by atoms with Crippen molar-refractivity contribution in [1.29, 1.82) is 0 Å². The Labute approximate surface area is 261 Å². The van der Waals surface area contributed by atoms with Gasteiger partial charge >= 0.3 is 0 Å². The predicted molar refractivity (Wildman–Crippen MR) is 180 cm³/mol. The van der Waals surface area contributed by atoms with Gasteiger partial charge in [0.2, 0.25) is 5.91 Å². The van der Waals surface area contributed by atoms with Gasteiger partial charge in [0, 0.05) is 43.3 Å². The molecule has 43 heavy (non-hydrogen) atoms. The maximum atomic E-state index is 13.1. The Kier molecular flexibility index (Phi) is 14.8. The predicted octanol–water partition coefficient (Wildman–Crippen LogP) is 6.03. The second kappa shape index (κ2) is 17.5. The van der Waals surface area contributed by atoms with E-state index in [0.29, 0.717) is 55.4 Å². The van der Waals surface area contributed by atoms with Crippen LogP contribution in [-0.2, 0) is 9.59 Å². The number of hydrogen-bond donors (Lipinski definition) is 2. The Balaban J connectivity index is 1.93. The maximum absolute atomic E-state index is 13.1. The summed E-state index contributed by atoms with van der Waals surface area (Å²) in [6.07, 6.45) is 16.7. The Morgan fingerprint density at radius 2 is 1.84 bits per heavy atom. The standard InChI is InChI=1S/C36H58N4O3/c1-10-15-27(6)29(8)24-37-33(16-11-2)36(43,13-4)20-14-17-30(9)39-21-18-32-31(39)19-22-40(32)34(41)25-38-35(42)28(7)23-26(5)12-3/h10-12,15-16,23,27,29-32,43H,3,7,13-14,17-22,24-25H2,1-2,4-6,8-9H3,(H,38,42)/b15-10-,16-11-,26-23-,37-33?/t27?,29?,30-,31?,32?,36-/m1/s1. The van der Waals surface area contributed by atoms with Gasteiger partial charge in [0.1, 0.15) is 5.60 Å². The molecule has 0 saturated carbocycles. The van der Waals surface area contributed by atoms with Crippen LogP contribution in [0, 0.1) is 11.8 Å². The fraction of sp³-hybridized carbons (Fsp3) is 0.639.